The van der Waals surface area contributed by atoms with Crippen molar-refractivity contribution >= 4 is 27.4 Å². The maximum Gasteiger partial charge on any atom is 0.349 e. The van der Waals surface area contributed by atoms with Gasteiger partial charge in [-0.3, -0.25) is 0 Å². The number of hydrogen-bond donors (Lipinski definition) is 0. The van der Waals surface area contributed by atoms with E-state index in [9.17, 15) is 9.18 Å². The topological polar surface area (TPSA) is 74.5 Å². The van der Waals surface area contributed by atoms with Gasteiger partial charge in [-0.2, -0.15) is 4.98 Å². The summed E-state index contributed by atoms with van der Waals surface area (Å²) in [6.45, 7) is 2.00. The molecular formula is C22H19FN2O4S. The molecule has 2 heterocycles. The summed E-state index contributed by atoms with van der Waals surface area (Å²) >= 11 is 1.17. The summed E-state index contributed by atoms with van der Waals surface area (Å²) in [6.07, 6.45) is 0.945. The van der Waals surface area contributed by atoms with Crippen molar-refractivity contribution < 1.29 is 23.2 Å². The number of fused-ring (bicyclic) bond motifs is 1. The molecule has 0 aliphatic rings. The van der Waals surface area contributed by atoms with E-state index in [0.29, 0.717) is 26.4 Å². The van der Waals surface area contributed by atoms with Gasteiger partial charge < -0.3 is 14.0 Å². The Labute approximate surface area is 176 Å². The van der Waals surface area contributed by atoms with Crippen molar-refractivity contribution in [1.82, 2.24) is 10.1 Å². The molecule has 30 heavy (non-hydrogen) atoms. The molecule has 0 aliphatic carbocycles. The van der Waals surface area contributed by atoms with Gasteiger partial charge in [0.25, 0.3) is 5.89 Å². The van der Waals surface area contributed by atoms with Crippen LogP contribution in [-0.2, 0) is 29.1 Å². The van der Waals surface area contributed by atoms with Gasteiger partial charge in [-0.25, -0.2) is 9.18 Å². The fraction of sp³-hybridized carbons (Fsp3) is 0.227. The Bertz CT molecular complexity index is 1180. The van der Waals surface area contributed by atoms with Gasteiger partial charge in [0, 0.05) is 28.3 Å². The van der Waals surface area contributed by atoms with Crippen LogP contribution in [0.3, 0.4) is 0 Å². The second-order valence-corrected chi connectivity index (χ2v) is 7.65. The number of carbonyl (C=O) groups excluding carboxylic acids is 1. The van der Waals surface area contributed by atoms with Crippen LogP contribution in [0.4, 0.5) is 4.39 Å². The highest BCUT2D eigenvalue weighted by molar-refractivity contribution is 7.21. The molecule has 0 atom stereocenters. The number of aryl methyl sites for hydroxylation is 1. The van der Waals surface area contributed by atoms with Crippen LogP contribution in [0, 0.1) is 5.82 Å². The third kappa shape index (κ3) is 3.96. The molecule has 6 nitrogen and oxygen atoms in total. The molecule has 0 spiro atoms. The van der Waals surface area contributed by atoms with Gasteiger partial charge in [-0.1, -0.05) is 42.4 Å². The molecule has 0 saturated heterocycles. The molecular weight excluding hydrogens is 407 g/mol. The van der Waals surface area contributed by atoms with Crippen LogP contribution in [-0.4, -0.2) is 23.2 Å². The molecule has 0 amide bonds. The summed E-state index contributed by atoms with van der Waals surface area (Å²) in [5.74, 6) is -0.383. The van der Waals surface area contributed by atoms with E-state index in [-0.39, 0.29) is 19.1 Å². The maximum atomic E-state index is 14.3. The van der Waals surface area contributed by atoms with Gasteiger partial charge in [-0.15, -0.1) is 11.3 Å². The SMILES string of the molecule is CCc1ccc(-c2noc(COC(=O)c3sc4cccc(F)c4c3COC)n2)cc1. The normalized spacial score (nSPS) is 11.2. The minimum atomic E-state index is -0.588. The zero-order valence-corrected chi connectivity index (χ0v) is 17.3. The van der Waals surface area contributed by atoms with Gasteiger partial charge in [0.2, 0.25) is 5.82 Å². The first-order valence-corrected chi connectivity index (χ1v) is 10.2. The highest BCUT2D eigenvalue weighted by Crippen LogP contribution is 2.34. The number of nitrogens with zero attached hydrogens (tertiary/aromatic N) is 2. The molecule has 0 radical (unpaired) electrons. The number of esters is 1. The monoisotopic (exact) mass is 426 g/mol. The largest absolute Gasteiger partial charge is 0.451 e. The predicted octanol–water partition coefficient (Wildman–Crippen LogP) is 5.16. The summed E-state index contributed by atoms with van der Waals surface area (Å²) < 4.78 is 30.6. The number of thiophene rings is 1. The minimum Gasteiger partial charge on any atom is -0.451 e. The average Bonchev–Trinajstić information content (AvgIpc) is 3.38. The Morgan fingerprint density at radius 1 is 1.17 bits per heavy atom. The first kappa shape index (κ1) is 20.2. The average molecular weight is 426 g/mol. The lowest BCUT2D eigenvalue weighted by atomic mass is 10.1. The molecule has 2 aromatic carbocycles. The van der Waals surface area contributed by atoms with E-state index < -0.39 is 11.8 Å². The molecule has 0 saturated carbocycles. The first-order chi connectivity index (χ1) is 14.6. The van der Waals surface area contributed by atoms with Gasteiger partial charge in [0.15, 0.2) is 6.61 Å². The van der Waals surface area contributed by atoms with Crippen molar-refractivity contribution in [2.24, 2.45) is 0 Å². The summed E-state index contributed by atoms with van der Waals surface area (Å²) in [6, 6.07) is 12.6. The number of carbonyl (C=O) groups is 1. The highest BCUT2D eigenvalue weighted by atomic mass is 32.1. The zero-order chi connectivity index (χ0) is 21.1. The molecule has 0 unspecified atom stereocenters. The van der Waals surface area contributed by atoms with Crippen molar-refractivity contribution in [3.05, 3.63) is 70.2 Å². The third-order valence-corrected chi connectivity index (χ3v) is 5.83. The Hall–Kier alpha value is -3.10. The van der Waals surface area contributed by atoms with Crippen molar-refractivity contribution in [3.63, 3.8) is 0 Å². The van der Waals surface area contributed by atoms with Gasteiger partial charge in [0.05, 0.1) is 6.61 Å². The van der Waals surface area contributed by atoms with E-state index >= 15 is 0 Å². The lowest BCUT2D eigenvalue weighted by Crippen LogP contribution is -2.06. The maximum absolute atomic E-state index is 14.3. The van der Waals surface area contributed by atoms with Gasteiger partial charge >= 0.3 is 5.97 Å². The van der Waals surface area contributed by atoms with Crippen molar-refractivity contribution in [2.45, 2.75) is 26.6 Å². The first-order valence-electron chi connectivity index (χ1n) is 9.38. The van der Waals surface area contributed by atoms with Crippen LogP contribution < -0.4 is 0 Å². The van der Waals surface area contributed by atoms with E-state index in [4.69, 9.17) is 14.0 Å². The summed E-state index contributed by atoms with van der Waals surface area (Å²) in [7, 11) is 1.49. The number of rotatable bonds is 7. The van der Waals surface area contributed by atoms with E-state index in [2.05, 4.69) is 17.1 Å². The van der Waals surface area contributed by atoms with E-state index in [0.717, 1.165) is 12.0 Å². The number of halogens is 1. The Kier molecular flexibility index (Phi) is 5.87. The second-order valence-electron chi connectivity index (χ2n) is 6.59. The third-order valence-electron chi connectivity index (χ3n) is 4.65. The fourth-order valence-electron chi connectivity index (χ4n) is 3.13. The highest BCUT2D eigenvalue weighted by Gasteiger charge is 2.22. The van der Waals surface area contributed by atoms with Crippen LogP contribution in [0.25, 0.3) is 21.5 Å². The summed E-state index contributed by atoms with van der Waals surface area (Å²) in [5.41, 5.74) is 2.50. The lowest BCUT2D eigenvalue weighted by molar-refractivity contribution is 0.0431. The molecule has 0 fully saturated rings. The van der Waals surface area contributed by atoms with Crippen molar-refractivity contribution in [1.29, 1.82) is 0 Å². The molecule has 0 N–H and O–H groups in total. The van der Waals surface area contributed by atoms with Crippen LogP contribution in [0.15, 0.2) is 47.0 Å². The summed E-state index contributed by atoms with van der Waals surface area (Å²) in [5, 5.41) is 4.32. The standard InChI is InChI=1S/C22H19FN2O4S/c1-3-13-7-9-14(10-8-13)21-24-18(29-25-21)12-28-22(26)20-15(11-27-2)19-16(23)5-4-6-17(19)30-20/h4-10H,3,11-12H2,1-2H3. The van der Waals surface area contributed by atoms with Gasteiger partial charge in [-0.05, 0) is 24.1 Å². The molecule has 154 valence electrons. The second kappa shape index (κ2) is 8.73. The van der Waals surface area contributed by atoms with Crippen molar-refractivity contribution in [3.8, 4) is 11.4 Å². The number of hydrogen-bond acceptors (Lipinski definition) is 7. The Morgan fingerprint density at radius 3 is 2.70 bits per heavy atom. The molecule has 2 aromatic heterocycles. The van der Waals surface area contributed by atoms with Crippen LogP contribution in [0.2, 0.25) is 0 Å². The smallest absolute Gasteiger partial charge is 0.349 e. The summed E-state index contributed by atoms with van der Waals surface area (Å²) in [4.78, 5) is 17.2. The van der Waals surface area contributed by atoms with Crippen LogP contribution in [0.1, 0.15) is 33.6 Å². The Balaban J connectivity index is 1.51. The Morgan fingerprint density at radius 2 is 1.97 bits per heavy atom. The molecule has 8 heteroatoms. The number of aromatic nitrogens is 2. The molecule has 4 aromatic rings. The van der Waals surface area contributed by atoms with E-state index in [1.807, 2.05) is 24.3 Å². The van der Waals surface area contributed by atoms with Crippen molar-refractivity contribution in [2.75, 3.05) is 7.11 Å². The van der Waals surface area contributed by atoms with Crippen LogP contribution in [0.5, 0.6) is 0 Å². The van der Waals surface area contributed by atoms with Crippen LogP contribution >= 0.6 is 11.3 Å². The molecule has 0 aliphatic heterocycles. The van der Waals surface area contributed by atoms with E-state index in [1.165, 1.54) is 30.1 Å². The zero-order valence-electron chi connectivity index (χ0n) is 16.5. The molecule has 4 rings (SSSR count). The van der Waals surface area contributed by atoms with Gasteiger partial charge in [0.1, 0.15) is 10.7 Å². The number of ether oxygens (including phenoxy) is 2. The molecule has 0 bridgehead atoms. The lowest BCUT2D eigenvalue weighted by Gasteiger charge is -2.04. The minimum absolute atomic E-state index is 0.101. The number of benzene rings is 2. The fourth-order valence-corrected chi connectivity index (χ4v) is 4.24. The predicted molar refractivity (Wildman–Crippen MR) is 111 cm³/mol. The quantitative estimate of drug-likeness (QED) is 0.380. The number of methoxy groups -OCH3 is 1. The van der Waals surface area contributed by atoms with E-state index in [1.54, 1.807) is 12.1 Å².